The average Bonchev–Trinajstić information content (AvgIpc) is 2.90. The van der Waals surface area contributed by atoms with E-state index >= 15 is 0 Å². The van der Waals surface area contributed by atoms with E-state index in [9.17, 15) is 8.78 Å². The van der Waals surface area contributed by atoms with Crippen LogP contribution >= 0.6 is 0 Å². The van der Waals surface area contributed by atoms with Crippen LogP contribution in [0.3, 0.4) is 0 Å². The summed E-state index contributed by atoms with van der Waals surface area (Å²) in [5, 5.41) is 3.52. The third-order valence-electron chi connectivity index (χ3n) is 3.22. The first-order valence-electron chi connectivity index (χ1n) is 6.01. The number of aromatic amines is 1. The van der Waals surface area contributed by atoms with E-state index in [1.807, 2.05) is 0 Å². The van der Waals surface area contributed by atoms with Gasteiger partial charge in [-0.1, -0.05) is 0 Å². The average molecular weight is 274 g/mol. The van der Waals surface area contributed by atoms with Crippen molar-refractivity contribution >= 4 is 28.1 Å². The molecule has 1 aromatic carbocycles. The third kappa shape index (κ3) is 1.85. The summed E-state index contributed by atoms with van der Waals surface area (Å²) in [5.74, 6) is -1.42. The van der Waals surface area contributed by atoms with E-state index in [1.165, 1.54) is 6.92 Å². The van der Waals surface area contributed by atoms with Gasteiger partial charge in [0.15, 0.2) is 11.6 Å². The summed E-state index contributed by atoms with van der Waals surface area (Å²) in [6.45, 7) is 1.51. The molecule has 3 aromatic rings. The number of pyridine rings is 1. The number of H-pyrrole nitrogens is 1. The van der Waals surface area contributed by atoms with E-state index in [-0.39, 0.29) is 16.9 Å². The molecule has 102 valence electrons. The highest BCUT2D eigenvalue weighted by atomic mass is 19.1. The second-order valence-corrected chi connectivity index (χ2v) is 4.49. The quantitative estimate of drug-likeness (QED) is 0.627. The van der Waals surface area contributed by atoms with Crippen molar-refractivity contribution in [1.29, 1.82) is 0 Å². The molecule has 0 aliphatic heterocycles. The molecule has 2 aromatic heterocycles. The van der Waals surface area contributed by atoms with E-state index in [2.05, 4.69) is 15.3 Å². The molecule has 0 aliphatic rings. The number of benzene rings is 1. The summed E-state index contributed by atoms with van der Waals surface area (Å²) >= 11 is 0. The van der Waals surface area contributed by atoms with Crippen LogP contribution in [0.1, 0.15) is 5.56 Å². The van der Waals surface area contributed by atoms with Crippen LogP contribution in [0.25, 0.3) is 11.0 Å². The third-order valence-corrected chi connectivity index (χ3v) is 3.22. The molecular formula is C14H12F2N4. The maximum absolute atomic E-state index is 14.1. The predicted octanol–water partition coefficient (Wildman–Crippen LogP) is 3.48. The SMILES string of the molecule is Cc1c(N)cc(F)c(Nc2ccnc3[nH]ccc23)c1F. The Bertz CT molecular complexity index is 795. The largest absolute Gasteiger partial charge is 0.398 e. The Kier molecular flexibility index (Phi) is 2.78. The fourth-order valence-electron chi connectivity index (χ4n) is 2.06. The van der Waals surface area contributed by atoms with E-state index in [0.717, 1.165) is 11.5 Å². The van der Waals surface area contributed by atoms with Gasteiger partial charge in [-0.05, 0) is 25.1 Å². The van der Waals surface area contributed by atoms with Gasteiger partial charge in [-0.3, -0.25) is 0 Å². The zero-order valence-corrected chi connectivity index (χ0v) is 10.7. The minimum absolute atomic E-state index is 0.0899. The lowest BCUT2D eigenvalue weighted by Gasteiger charge is -2.12. The molecule has 4 N–H and O–H groups in total. The highest BCUT2D eigenvalue weighted by molar-refractivity contribution is 5.91. The van der Waals surface area contributed by atoms with Crippen molar-refractivity contribution in [2.45, 2.75) is 6.92 Å². The zero-order chi connectivity index (χ0) is 14.3. The van der Waals surface area contributed by atoms with Gasteiger partial charge in [0.05, 0.1) is 5.69 Å². The number of hydrogen-bond donors (Lipinski definition) is 3. The number of fused-ring (bicyclic) bond motifs is 1. The first kappa shape index (κ1) is 12.4. The number of nitrogen functional groups attached to an aromatic ring is 1. The molecule has 0 saturated carbocycles. The van der Waals surface area contributed by atoms with Gasteiger partial charge in [-0.25, -0.2) is 13.8 Å². The Morgan fingerprint density at radius 1 is 1.30 bits per heavy atom. The molecule has 0 saturated heterocycles. The minimum Gasteiger partial charge on any atom is -0.398 e. The van der Waals surface area contributed by atoms with E-state index in [4.69, 9.17) is 5.73 Å². The lowest BCUT2D eigenvalue weighted by atomic mass is 10.1. The number of aromatic nitrogens is 2. The minimum atomic E-state index is -0.730. The second kappa shape index (κ2) is 4.48. The van der Waals surface area contributed by atoms with Gasteiger partial charge in [0.1, 0.15) is 11.3 Å². The molecule has 4 nitrogen and oxygen atoms in total. The van der Waals surface area contributed by atoms with E-state index in [0.29, 0.717) is 11.3 Å². The van der Waals surface area contributed by atoms with Gasteiger partial charge in [0.2, 0.25) is 0 Å². The number of anilines is 3. The van der Waals surface area contributed by atoms with E-state index in [1.54, 1.807) is 24.5 Å². The van der Waals surface area contributed by atoms with Gasteiger partial charge >= 0.3 is 0 Å². The summed E-state index contributed by atoms with van der Waals surface area (Å²) < 4.78 is 28.0. The Morgan fingerprint density at radius 3 is 2.90 bits per heavy atom. The Morgan fingerprint density at radius 2 is 2.10 bits per heavy atom. The smallest absolute Gasteiger partial charge is 0.154 e. The Hall–Kier alpha value is -2.63. The lowest BCUT2D eigenvalue weighted by Crippen LogP contribution is -2.03. The molecule has 3 rings (SSSR count). The highest BCUT2D eigenvalue weighted by Crippen LogP contribution is 2.31. The molecule has 0 spiro atoms. The molecule has 0 fully saturated rings. The maximum atomic E-state index is 14.1. The summed E-state index contributed by atoms with van der Waals surface area (Å²) in [7, 11) is 0. The van der Waals surface area contributed by atoms with Crippen LogP contribution in [0.15, 0.2) is 30.6 Å². The first-order chi connectivity index (χ1) is 9.58. The first-order valence-corrected chi connectivity index (χ1v) is 6.01. The molecule has 0 radical (unpaired) electrons. The maximum Gasteiger partial charge on any atom is 0.154 e. The van der Waals surface area contributed by atoms with Crippen LogP contribution in [0, 0.1) is 18.6 Å². The number of nitrogens with two attached hydrogens (primary N) is 1. The summed E-state index contributed by atoms with van der Waals surface area (Å²) in [5.41, 5.74) is 6.83. The zero-order valence-electron chi connectivity index (χ0n) is 10.7. The lowest BCUT2D eigenvalue weighted by molar-refractivity contribution is 0.586. The molecule has 6 heteroatoms. The second-order valence-electron chi connectivity index (χ2n) is 4.49. The summed E-state index contributed by atoms with van der Waals surface area (Å²) in [6.07, 6.45) is 3.27. The molecule has 0 unspecified atom stereocenters. The van der Waals surface area contributed by atoms with Crippen molar-refractivity contribution in [1.82, 2.24) is 9.97 Å². The van der Waals surface area contributed by atoms with Gasteiger partial charge < -0.3 is 16.0 Å². The van der Waals surface area contributed by atoms with Crippen molar-refractivity contribution < 1.29 is 8.78 Å². The molecule has 0 bridgehead atoms. The van der Waals surface area contributed by atoms with Crippen LogP contribution in [-0.2, 0) is 0 Å². The number of nitrogens with one attached hydrogen (secondary N) is 2. The van der Waals surface area contributed by atoms with Crippen LogP contribution in [-0.4, -0.2) is 9.97 Å². The molecule has 0 aliphatic carbocycles. The van der Waals surface area contributed by atoms with Crippen molar-refractivity contribution in [3.8, 4) is 0 Å². The number of nitrogens with zero attached hydrogens (tertiary/aromatic N) is 1. The highest BCUT2D eigenvalue weighted by Gasteiger charge is 2.15. The number of halogens is 2. The molecule has 0 amide bonds. The fourth-order valence-corrected chi connectivity index (χ4v) is 2.06. The monoisotopic (exact) mass is 274 g/mol. The summed E-state index contributed by atoms with van der Waals surface area (Å²) in [4.78, 5) is 7.05. The topological polar surface area (TPSA) is 66.7 Å². The predicted molar refractivity (Wildman–Crippen MR) is 74.9 cm³/mol. The van der Waals surface area contributed by atoms with Crippen molar-refractivity contribution in [2.75, 3.05) is 11.1 Å². The Labute approximate surface area is 113 Å². The van der Waals surface area contributed by atoms with Crippen LogP contribution in [0.4, 0.5) is 25.8 Å². The fraction of sp³-hybridized carbons (Fsp3) is 0.0714. The van der Waals surface area contributed by atoms with Crippen molar-refractivity contribution in [3.63, 3.8) is 0 Å². The van der Waals surface area contributed by atoms with Gasteiger partial charge in [-0.2, -0.15) is 0 Å². The normalized spacial score (nSPS) is 10.9. The van der Waals surface area contributed by atoms with Crippen LogP contribution < -0.4 is 11.1 Å². The molecule has 20 heavy (non-hydrogen) atoms. The van der Waals surface area contributed by atoms with Crippen LogP contribution in [0.2, 0.25) is 0 Å². The molecule has 2 heterocycles. The summed E-state index contributed by atoms with van der Waals surface area (Å²) in [6, 6.07) is 4.54. The van der Waals surface area contributed by atoms with Gasteiger partial charge in [0.25, 0.3) is 0 Å². The van der Waals surface area contributed by atoms with Gasteiger partial charge in [0, 0.05) is 29.0 Å². The van der Waals surface area contributed by atoms with Crippen LogP contribution in [0.5, 0.6) is 0 Å². The van der Waals surface area contributed by atoms with Gasteiger partial charge in [-0.15, -0.1) is 0 Å². The molecule has 0 atom stereocenters. The number of rotatable bonds is 2. The standard InChI is InChI=1S/C14H12F2N4/c1-7-10(17)6-9(15)13(12(7)16)20-11-3-5-19-14-8(11)2-4-18-14/h2-6H,17H2,1H3,(H2,18,19,20). The van der Waals surface area contributed by atoms with Crippen molar-refractivity contribution in [2.24, 2.45) is 0 Å². The van der Waals surface area contributed by atoms with Crippen molar-refractivity contribution in [3.05, 3.63) is 47.8 Å². The molecular weight excluding hydrogens is 262 g/mol. The Balaban J connectivity index is 2.12. The number of hydrogen-bond acceptors (Lipinski definition) is 3. The van der Waals surface area contributed by atoms with E-state index < -0.39 is 11.6 Å².